The molecular formula is C55H69ClF2N4O6. The number of nitrogens with one attached hydrogen (secondary N) is 1. The Balaban J connectivity index is 0.867. The Kier molecular flexibility index (Phi) is 15.9. The highest BCUT2D eigenvalue weighted by Crippen LogP contribution is 2.57. The number of hydrogen-bond donors (Lipinski definition) is 2. The van der Waals surface area contributed by atoms with Crippen molar-refractivity contribution in [1.29, 1.82) is 0 Å². The van der Waals surface area contributed by atoms with Crippen molar-refractivity contribution in [2.75, 3.05) is 58.4 Å². The van der Waals surface area contributed by atoms with Gasteiger partial charge in [0.1, 0.15) is 29.4 Å². The predicted octanol–water partition coefficient (Wildman–Crippen LogP) is 11.2. The van der Waals surface area contributed by atoms with Gasteiger partial charge in [0.25, 0.3) is 5.92 Å². The monoisotopic (exact) mass is 954 g/mol. The highest BCUT2D eigenvalue weighted by atomic mass is 35.5. The minimum absolute atomic E-state index is 0.0517. The lowest BCUT2D eigenvalue weighted by atomic mass is 9.59. The molecule has 1 saturated heterocycles. The van der Waals surface area contributed by atoms with E-state index >= 15 is 0 Å². The molecule has 2 N–H and O–H groups in total. The van der Waals surface area contributed by atoms with Crippen molar-refractivity contribution >= 4 is 29.2 Å². The van der Waals surface area contributed by atoms with Crippen LogP contribution in [0.5, 0.6) is 17.2 Å². The molecule has 10 nitrogen and oxygen atoms in total. The number of ether oxygens (including phenoxy) is 3. The number of aryl methyl sites for hydroxylation is 1. The molecule has 1 aliphatic heterocycles. The van der Waals surface area contributed by atoms with E-state index in [1.165, 1.54) is 16.7 Å². The molecule has 4 aromatic rings. The van der Waals surface area contributed by atoms with Crippen LogP contribution in [0.1, 0.15) is 118 Å². The maximum absolute atomic E-state index is 13.5. The second-order valence-corrected chi connectivity index (χ2v) is 20.7. The van der Waals surface area contributed by atoms with Gasteiger partial charge in [-0.3, -0.25) is 14.7 Å². The summed E-state index contributed by atoms with van der Waals surface area (Å²) in [5, 5.41) is 14.7. The molecule has 13 heteroatoms. The lowest BCUT2D eigenvalue weighted by Crippen LogP contribution is -2.53. The molecule has 1 saturated carbocycles. The summed E-state index contributed by atoms with van der Waals surface area (Å²) in [6.45, 7) is 7.91. The molecule has 1 unspecified atom stereocenters. The van der Waals surface area contributed by atoms with Crippen LogP contribution in [0, 0.1) is 11.8 Å². The smallest absolute Gasteiger partial charge is 0.329 e. The molecule has 0 radical (unpaired) electrons. The second-order valence-electron chi connectivity index (χ2n) is 20.2. The molecule has 3 aromatic carbocycles. The van der Waals surface area contributed by atoms with Gasteiger partial charge in [0, 0.05) is 80.7 Å². The third-order valence-corrected chi connectivity index (χ3v) is 15.6. The van der Waals surface area contributed by atoms with E-state index in [9.17, 15) is 23.5 Å². The standard InChI is InChI=1S/C55H69ClF2N4O6/c1-38(37-68-49-17-25-59-48-13-4-8-39(2)51(48)49)32-42-34-41-15-16-46(36-47(41)53(42)19-21-54(22-20-53,52(64)65)60-44-11-6-10-43(56)35-44)66-30-7-14-50(63)61(3)26-18-40-9-5-12-45(33-40)67-31-29-62-27-23-55(57,58)24-28-62/h5-6,9-12,15-17,25,33,35-36,38-39,42,60H,4,7-8,13-14,18-24,26-32,34,37H2,1-3H3,(H,64,65)/t38-,39-,42?,53?,54?/m1/s1. The Labute approximate surface area is 406 Å². The molecule has 3 atom stereocenters. The van der Waals surface area contributed by atoms with Crippen molar-refractivity contribution in [3.05, 3.63) is 112 Å². The number of halogens is 3. The summed E-state index contributed by atoms with van der Waals surface area (Å²) in [4.78, 5) is 34.8. The van der Waals surface area contributed by atoms with Gasteiger partial charge in [0.15, 0.2) is 0 Å². The summed E-state index contributed by atoms with van der Waals surface area (Å²) in [6.07, 6.45) is 10.8. The average molecular weight is 956 g/mol. The fourth-order valence-corrected chi connectivity index (χ4v) is 11.6. The predicted molar refractivity (Wildman–Crippen MR) is 263 cm³/mol. The third-order valence-electron chi connectivity index (χ3n) is 15.4. The van der Waals surface area contributed by atoms with E-state index in [-0.39, 0.29) is 30.1 Å². The van der Waals surface area contributed by atoms with Crippen LogP contribution in [0.15, 0.2) is 79.0 Å². The normalized spacial score (nSPS) is 23.6. The topological polar surface area (TPSA) is 113 Å². The van der Waals surface area contributed by atoms with E-state index in [4.69, 9.17) is 25.8 Å². The van der Waals surface area contributed by atoms with Gasteiger partial charge in [-0.15, -0.1) is 0 Å². The number of carboxylic acid groups (broad SMARTS) is 1. The number of alkyl halides is 2. The molecule has 68 heavy (non-hydrogen) atoms. The highest BCUT2D eigenvalue weighted by molar-refractivity contribution is 6.30. The Hall–Kier alpha value is -4.94. The van der Waals surface area contributed by atoms with Crippen molar-refractivity contribution < 1.29 is 37.7 Å². The maximum Gasteiger partial charge on any atom is 0.329 e. The number of hydrogen-bond acceptors (Lipinski definition) is 8. The van der Waals surface area contributed by atoms with E-state index in [1.54, 1.807) is 17.0 Å². The summed E-state index contributed by atoms with van der Waals surface area (Å²) in [6, 6.07) is 23.6. The Bertz CT molecular complexity index is 2360. The number of nitrogens with zero attached hydrogens (tertiary/aromatic N) is 3. The van der Waals surface area contributed by atoms with Crippen LogP contribution in [-0.4, -0.2) is 96.3 Å². The lowest BCUT2D eigenvalue weighted by Gasteiger charge is -2.47. The summed E-state index contributed by atoms with van der Waals surface area (Å²) < 4.78 is 46.0. The number of benzene rings is 3. The van der Waals surface area contributed by atoms with E-state index in [0.29, 0.717) is 113 Å². The van der Waals surface area contributed by atoms with Crippen molar-refractivity contribution in [3.8, 4) is 17.2 Å². The van der Waals surface area contributed by atoms with Crippen LogP contribution in [0.2, 0.25) is 5.02 Å². The van der Waals surface area contributed by atoms with E-state index in [0.717, 1.165) is 60.6 Å². The van der Waals surface area contributed by atoms with Gasteiger partial charge < -0.3 is 29.5 Å². The van der Waals surface area contributed by atoms with Crippen LogP contribution in [-0.2, 0) is 34.3 Å². The number of rotatable bonds is 20. The number of likely N-dealkylation sites (N-methyl/N-ethyl adjacent to an activating group) is 1. The molecule has 8 rings (SSSR count). The van der Waals surface area contributed by atoms with Crippen molar-refractivity contribution in [3.63, 3.8) is 0 Å². The summed E-state index contributed by atoms with van der Waals surface area (Å²) in [7, 11) is 1.83. The van der Waals surface area contributed by atoms with Crippen LogP contribution in [0.25, 0.3) is 0 Å². The molecule has 1 amide bonds. The number of carbonyl (C=O) groups excluding carboxylic acids is 1. The van der Waals surface area contributed by atoms with Gasteiger partial charge in [-0.1, -0.05) is 49.7 Å². The first-order valence-corrected chi connectivity index (χ1v) is 25.3. The molecule has 4 aliphatic rings. The number of aromatic nitrogens is 1. The van der Waals surface area contributed by atoms with Crippen molar-refractivity contribution in [1.82, 2.24) is 14.8 Å². The molecule has 2 fully saturated rings. The fourth-order valence-electron chi connectivity index (χ4n) is 11.4. The number of anilines is 1. The van der Waals surface area contributed by atoms with Crippen LogP contribution in [0.3, 0.4) is 0 Å². The summed E-state index contributed by atoms with van der Waals surface area (Å²) in [5.41, 5.74) is 5.38. The molecule has 1 aromatic heterocycles. The van der Waals surface area contributed by atoms with Gasteiger partial charge >= 0.3 is 5.97 Å². The molecule has 366 valence electrons. The molecule has 0 bridgehead atoms. The number of carbonyl (C=O) groups is 2. The average Bonchev–Trinajstić information content (AvgIpc) is 3.61. The Morgan fingerprint density at radius 1 is 0.956 bits per heavy atom. The quantitative estimate of drug-likeness (QED) is 0.0836. The van der Waals surface area contributed by atoms with Crippen LogP contribution < -0.4 is 19.5 Å². The highest BCUT2D eigenvalue weighted by Gasteiger charge is 2.54. The summed E-state index contributed by atoms with van der Waals surface area (Å²) >= 11 is 6.33. The molecule has 2 heterocycles. The van der Waals surface area contributed by atoms with Crippen molar-refractivity contribution in [2.24, 2.45) is 11.8 Å². The third kappa shape index (κ3) is 11.9. The second kappa shape index (κ2) is 21.8. The van der Waals surface area contributed by atoms with E-state index < -0.39 is 17.4 Å². The van der Waals surface area contributed by atoms with Gasteiger partial charge in [-0.25, -0.2) is 13.6 Å². The Morgan fingerprint density at radius 2 is 1.72 bits per heavy atom. The molecule has 1 spiro atoms. The largest absolute Gasteiger partial charge is 0.494 e. The number of aliphatic carboxylic acids is 1. The number of pyridine rings is 1. The zero-order valence-electron chi connectivity index (χ0n) is 40.1. The van der Waals surface area contributed by atoms with E-state index in [2.05, 4.69) is 36.3 Å². The van der Waals surface area contributed by atoms with Gasteiger partial charge in [0.05, 0.1) is 13.2 Å². The maximum atomic E-state index is 13.5. The Morgan fingerprint density at radius 3 is 2.50 bits per heavy atom. The van der Waals surface area contributed by atoms with Gasteiger partial charge in [-0.05, 0) is 159 Å². The first-order valence-electron chi connectivity index (χ1n) is 24.9. The number of carboxylic acids is 1. The molecule has 3 aliphatic carbocycles. The minimum Gasteiger partial charge on any atom is -0.494 e. The fraction of sp³-hybridized carbons (Fsp3) is 0.545. The van der Waals surface area contributed by atoms with Gasteiger partial charge in [0.2, 0.25) is 5.91 Å². The van der Waals surface area contributed by atoms with E-state index in [1.807, 2.05) is 66.7 Å². The zero-order valence-corrected chi connectivity index (χ0v) is 40.8. The first kappa shape index (κ1) is 49.5. The minimum atomic E-state index is -2.56. The van der Waals surface area contributed by atoms with Crippen molar-refractivity contribution in [2.45, 2.75) is 127 Å². The number of piperidine rings is 1. The van der Waals surface area contributed by atoms with Gasteiger partial charge in [-0.2, -0.15) is 0 Å². The first-order chi connectivity index (χ1) is 32.7. The number of amides is 1. The number of likely N-dealkylation sites (tertiary alicyclic amines) is 1. The summed E-state index contributed by atoms with van der Waals surface area (Å²) in [5.74, 6) is 0.0890. The molecular weight excluding hydrogens is 886 g/mol. The number of fused-ring (bicyclic) bond motifs is 3. The SMILES string of the molecule is C[C@@H](COc1ccnc2c1[C@H](C)CCC2)CC1Cc2ccc(OCCCC(=O)N(C)CCc3cccc(OCCN4CCC(F)(F)CC4)c3)cc2C12CCC(Nc1cccc(Cl)c1)(C(=O)O)CC2. The van der Waals surface area contributed by atoms with Crippen LogP contribution >= 0.6 is 11.6 Å². The zero-order chi connectivity index (χ0) is 47.9. The van der Waals surface area contributed by atoms with Crippen LogP contribution in [0.4, 0.5) is 14.5 Å². The lowest BCUT2D eigenvalue weighted by molar-refractivity contribution is -0.144.